The lowest BCUT2D eigenvalue weighted by Crippen LogP contribution is -2.48. The molecule has 21 heavy (non-hydrogen) atoms. The topological polar surface area (TPSA) is 87.2 Å². The van der Waals surface area contributed by atoms with Gasteiger partial charge in [-0.2, -0.15) is 0 Å². The van der Waals surface area contributed by atoms with Crippen LogP contribution in [0.5, 0.6) is 0 Å². The molecule has 1 fully saturated rings. The molecule has 0 radical (unpaired) electrons. The van der Waals surface area contributed by atoms with Crippen LogP contribution >= 0.6 is 11.3 Å². The van der Waals surface area contributed by atoms with Crippen molar-refractivity contribution in [3.05, 3.63) is 34.9 Å². The summed E-state index contributed by atoms with van der Waals surface area (Å²) < 4.78 is 0. The summed E-state index contributed by atoms with van der Waals surface area (Å²) in [5.74, 6) is 0.448. The lowest BCUT2D eigenvalue weighted by Gasteiger charge is -2.27. The van der Waals surface area contributed by atoms with Crippen molar-refractivity contribution in [2.45, 2.75) is 0 Å². The van der Waals surface area contributed by atoms with E-state index < -0.39 is 0 Å². The highest BCUT2D eigenvalue weighted by atomic mass is 32.1. The number of rotatable bonds is 3. The summed E-state index contributed by atoms with van der Waals surface area (Å²) in [6, 6.07) is 3.55. The maximum absolute atomic E-state index is 11.8. The Kier molecular flexibility index (Phi) is 3.78. The number of piperazine rings is 1. The van der Waals surface area contributed by atoms with Gasteiger partial charge in [-0.05, 0) is 12.1 Å². The second-order valence-corrected chi connectivity index (χ2v) is 5.22. The van der Waals surface area contributed by atoms with Crippen LogP contribution in [0.1, 0.15) is 10.5 Å². The molecular formula is C13H13N5O2S. The Bertz CT molecular complexity index is 641. The summed E-state index contributed by atoms with van der Waals surface area (Å²) in [4.78, 5) is 33.3. The number of nitrogens with zero attached hydrogens (tertiary/aromatic N) is 3. The number of carbonyl (C=O) groups excluding carboxylic acids is 2. The van der Waals surface area contributed by atoms with Gasteiger partial charge in [-0.3, -0.25) is 9.59 Å². The van der Waals surface area contributed by atoms with Crippen LogP contribution in [0.25, 0.3) is 0 Å². The Balaban J connectivity index is 1.66. The van der Waals surface area contributed by atoms with Crippen LogP contribution in [0.2, 0.25) is 0 Å². The van der Waals surface area contributed by atoms with E-state index in [9.17, 15) is 9.59 Å². The van der Waals surface area contributed by atoms with Gasteiger partial charge in [0, 0.05) is 18.5 Å². The van der Waals surface area contributed by atoms with Crippen molar-refractivity contribution in [2.75, 3.05) is 29.9 Å². The zero-order valence-corrected chi connectivity index (χ0v) is 11.9. The second kappa shape index (κ2) is 5.88. The first-order valence-electron chi connectivity index (χ1n) is 6.39. The number of amides is 2. The fraction of sp³-hybridized carbons (Fsp3) is 0.231. The molecule has 0 aliphatic carbocycles. The van der Waals surface area contributed by atoms with E-state index >= 15 is 0 Å². The van der Waals surface area contributed by atoms with Crippen LogP contribution in [-0.2, 0) is 4.79 Å². The van der Waals surface area contributed by atoms with E-state index in [1.54, 1.807) is 29.2 Å². The van der Waals surface area contributed by atoms with E-state index in [4.69, 9.17) is 0 Å². The number of thiazole rings is 1. The molecule has 7 nitrogen and oxygen atoms in total. The van der Waals surface area contributed by atoms with E-state index in [2.05, 4.69) is 20.6 Å². The van der Waals surface area contributed by atoms with E-state index in [0.29, 0.717) is 24.5 Å². The third-order valence-electron chi connectivity index (χ3n) is 3.03. The summed E-state index contributed by atoms with van der Waals surface area (Å²) in [7, 11) is 0. The molecule has 108 valence electrons. The number of hydrogen-bond donors (Lipinski definition) is 2. The van der Waals surface area contributed by atoms with Gasteiger partial charge in [-0.15, -0.1) is 11.3 Å². The molecule has 1 aliphatic rings. The van der Waals surface area contributed by atoms with Crippen LogP contribution in [0.4, 0.5) is 11.5 Å². The predicted molar refractivity (Wildman–Crippen MR) is 79.5 cm³/mol. The predicted octanol–water partition coefficient (Wildman–Crippen LogP) is 0.727. The molecule has 2 aromatic heterocycles. The largest absolute Gasteiger partial charge is 0.353 e. The lowest BCUT2D eigenvalue weighted by molar-refractivity contribution is -0.120. The Morgan fingerprint density at radius 3 is 2.95 bits per heavy atom. The molecule has 0 spiro atoms. The molecule has 3 heterocycles. The van der Waals surface area contributed by atoms with Crippen LogP contribution in [0, 0.1) is 0 Å². The van der Waals surface area contributed by atoms with Crippen molar-refractivity contribution in [3.63, 3.8) is 0 Å². The van der Waals surface area contributed by atoms with Crippen molar-refractivity contribution in [2.24, 2.45) is 0 Å². The molecule has 2 aromatic rings. The standard InChI is InChI=1S/C13H13N5O2S/c19-12-6-18(4-3-14-12)11-2-1-9(5-15-11)17-13(20)10-7-21-8-16-10/h1-2,5,7-8H,3-4,6H2,(H,14,19)(H,17,20). The zero-order valence-electron chi connectivity index (χ0n) is 11.1. The molecule has 1 aliphatic heterocycles. The van der Waals surface area contributed by atoms with E-state index in [-0.39, 0.29) is 11.8 Å². The third kappa shape index (κ3) is 3.16. The van der Waals surface area contributed by atoms with Gasteiger partial charge in [-0.1, -0.05) is 0 Å². The average molecular weight is 303 g/mol. The van der Waals surface area contributed by atoms with Gasteiger partial charge in [-0.25, -0.2) is 9.97 Å². The van der Waals surface area contributed by atoms with Crippen molar-refractivity contribution >= 4 is 34.7 Å². The first-order valence-corrected chi connectivity index (χ1v) is 7.34. The van der Waals surface area contributed by atoms with Crippen LogP contribution in [0.3, 0.4) is 0 Å². The van der Waals surface area contributed by atoms with Crippen LogP contribution in [0.15, 0.2) is 29.2 Å². The highest BCUT2D eigenvalue weighted by Crippen LogP contribution is 2.15. The van der Waals surface area contributed by atoms with Crippen LogP contribution < -0.4 is 15.5 Å². The Morgan fingerprint density at radius 2 is 2.29 bits per heavy atom. The van der Waals surface area contributed by atoms with Gasteiger partial charge in [0.15, 0.2) is 0 Å². The molecule has 2 amide bonds. The minimum Gasteiger partial charge on any atom is -0.353 e. The highest BCUT2D eigenvalue weighted by molar-refractivity contribution is 7.07. The Labute approximate surface area is 125 Å². The first-order chi connectivity index (χ1) is 10.2. The van der Waals surface area contributed by atoms with Crippen molar-refractivity contribution in [3.8, 4) is 0 Å². The smallest absolute Gasteiger partial charge is 0.275 e. The number of aromatic nitrogens is 2. The monoisotopic (exact) mass is 303 g/mol. The molecule has 1 saturated heterocycles. The molecule has 0 atom stereocenters. The molecule has 2 N–H and O–H groups in total. The Morgan fingerprint density at radius 1 is 1.38 bits per heavy atom. The summed E-state index contributed by atoms with van der Waals surface area (Å²) >= 11 is 1.37. The van der Waals surface area contributed by atoms with E-state index in [1.165, 1.54) is 11.3 Å². The molecule has 0 aromatic carbocycles. The second-order valence-electron chi connectivity index (χ2n) is 4.50. The maximum atomic E-state index is 11.8. The number of pyridine rings is 1. The van der Waals surface area contributed by atoms with Gasteiger partial charge < -0.3 is 15.5 Å². The summed E-state index contributed by atoms with van der Waals surface area (Å²) in [5.41, 5.74) is 2.59. The molecule has 0 saturated carbocycles. The van der Waals surface area contributed by atoms with Crippen molar-refractivity contribution in [1.29, 1.82) is 0 Å². The van der Waals surface area contributed by atoms with E-state index in [1.807, 2.05) is 4.90 Å². The fourth-order valence-corrected chi connectivity index (χ4v) is 2.53. The number of anilines is 2. The molecule has 3 rings (SSSR count). The average Bonchev–Trinajstić information content (AvgIpc) is 3.02. The van der Waals surface area contributed by atoms with Gasteiger partial charge in [0.25, 0.3) is 5.91 Å². The van der Waals surface area contributed by atoms with Gasteiger partial charge in [0.05, 0.1) is 23.9 Å². The number of carbonyl (C=O) groups is 2. The molecule has 0 bridgehead atoms. The van der Waals surface area contributed by atoms with Gasteiger partial charge >= 0.3 is 0 Å². The highest BCUT2D eigenvalue weighted by Gasteiger charge is 2.17. The Hall–Kier alpha value is -2.48. The summed E-state index contributed by atoms with van der Waals surface area (Å²) in [5, 5.41) is 7.18. The first kappa shape index (κ1) is 13.5. The number of hydrogen-bond acceptors (Lipinski definition) is 6. The minimum absolute atomic E-state index is 0.0102. The SMILES string of the molecule is O=C1CN(c2ccc(NC(=O)c3cscn3)cn2)CCN1. The molecule has 0 unspecified atom stereocenters. The fourth-order valence-electron chi connectivity index (χ4n) is 2.00. The maximum Gasteiger partial charge on any atom is 0.275 e. The lowest BCUT2D eigenvalue weighted by atomic mass is 10.3. The van der Waals surface area contributed by atoms with Crippen molar-refractivity contribution in [1.82, 2.24) is 15.3 Å². The summed E-state index contributed by atoms with van der Waals surface area (Å²) in [6.45, 7) is 1.64. The normalized spacial score (nSPS) is 14.7. The molecular weight excluding hydrogens is 290 g/mol. The summed E-state index contributed by atoms with van der Waals surface area (Å²) in [6.07, 6.45) is 1.58. The minimum atomic E-state index is -0.261. The van der Waals surface area contributed by atoms with E-state index in [0.717, 1.165) is 12.4 Å². The number of nitrogens with one attached hydrogen (secondary N) is 2. The molecule has 8 heteroatoms. The van der Waals surface area contributed by atoms with Gasteiger partial charge in [0.1, 0.15) is 11.5 Å². The van der Waals surface area contributed by atoms with Crippen molar-refractivity contribution < 1.29 is 9.59 Å². The van der Waals surface area contributed by atoms with Gasteiger partial charge in [0.2, 0.25) is 5.91 Å². The quantitative estimate of drug-likeness (QED) is 0.872. The third-order valence-corrected chi connectivity index (χ3v) is 3.62. The zero-order chi connectivity index (χ0) is 14.7. The van der Waals surface area contributed by atoms with Crippen LogP contribution in [-0.4, -0.2) is 41.4 Å².